The van der Waals surface area contributed by atoms with Gasteiger partial charge in [0, 0.05) is 22.9 Å². The van der Waals surface area contributed by atoms with Gasteiger partial charge in [0.05, 0.1) is 16.6 Å². The molecule has 4 nitrogen and oxygen atoms in total. The van der Waals surface area contributed by atoms with Crippen molar-refractivity contribution in [2.24, 2.45) is 23.7 Å². The summed E-state index contributed by atoms with van der Waals surface area (Å²) in [7, 11) is 0. The second-order valence-electron chi connectivity index (χ2n) is 12.9. The zero-order chi connectivity index (χ0) is 29.2. The maximum atomic E-state index is 14.3. The number of likely N-dealkylation sites (tertiary alicyclic amines) is 1. The van der Waals surface area contributed by atoms with Crippen molar-refractivity contribution >= 4 is 28.9 Å². The number of carboxylic acid groups (broad SMARTS) is 1. The van der Waals surface area contributed by atoms with Crippen LogP contribution in [0.25, 0.3) is 0 Å². The third-order valence-corrected chi connectivity index (χ3v) is 11.5. The van der Waals surface area contributed by atoms with Crippen LogP contribution in [0.1, 0.15) is 90.4 Å². The molecule has 2 saturated carbocycles. The van der Waals surface area contributed by atoms with Gasteiger partial charge in [0.2, 0.25) is 0 Å². The van der Waals surface area contributed by atoms with Crippen molar-refractivity contribution < 1.29 is 14.3 Å². The van der Waals surface area contributed by atoms with E-state index in [9.17, 15) is 14.3 Å². The van der Waals surface area contributed by atoms with E-state index in [1.54, 1.807) is 12.1 Å². The summed E-state index contributed by atoms with van der Waals surface area (Å²) in [5, 5.41) is 12.1. The van der Waals surface area contributed by atoms with Crippen molar-refractivity contribution in [3.8, 4) is 0 Å². The Labute approximate surface area is 258 Å². The lowest BCUT2D eigenvalue weighted by Gasteiger charge is -2.35. The Kier molecular flexibility index (Phi) is 9.32. The number of thiazole rings is 1. The Bertz CT molecular complexity index is 1370. The van der Waals surface area contributed by atoms with Crippen LogP contribution >= 0.6 is 22.9 Å². The molecule has 42 heavy (non-hydrogen) atoms. The first-order valence-electron chi connectivity index (χ1n) is 15.8. The van der Waals surface area contributed by atoms with Crippen LogP contribution in [-0.2, 0) is 17.6 Å². The number of hydrogen-bond donors (Lipinski definition) is 1. The number of halogens is 2. The van der Waals surface area contributed by atoms with Crippen molar-refractivity contribution in [2.75, 3.05) is 19.6 Å². The average molecular weight is 609 g/mol. The first kappa shape index (κ1) is 29.8. The highest BCUT2D eigenvalue weighted by molar-refractivity contribution is 7.11. The van der Waals surface area contributed by atoms with Crippen LogP contribution in [0.15, 0.2) is 48.5 Å². The first-order chi connectivity index (χ1) is 20.4. The Balaban J connectivity index is 1.11. The Morgan fingerprint density at radius 1 is 1.12 bits per heavy atom. The summed E-state index contributed by atoms with van der Waals surface area (Å²) in [5.41, 5.74) is 3.53. The zero-order valence-corrected chi connectivity index (χ0v) is 26.1. The van der Waals surface area contributed by atoms with Gasteiger partial charge in [-0.1, -0.05) is 55.6 Å². The maximum absolute atomic E-state index is 14.3. The van der Waals surface area contributed by atoms with E-state index in [0.29, 0.717) is 17.8 Å². The molecule has 3 fully saturated rings. The molecular weight excluding hydrogens is 567 g/mol. The van der Waals surface area contributed by atoms with E-state index < -0.39 is 5.97 Å². The average Bonchev–Trinajstić information content (AvgIpc) is 3.58. The number of aromatic nitrogens is 1. The van der Waals surface area contributed by atoms with Crippen LogP contribution in [0.2, 0.25) is 5.02 Å². The van der Waals surface area contributed by atoms with Crippen LogP contribution in [-0.4, -0.2) is 40.6 Å². The number of piperidine rings is 1. The lowest BCUT2D eigenvalue weighted by atomic mass is 9.85. The molecule has 2 aliphatic carbocycles. The van der Waals surface area contributed by atoms with E-state index in [0.717, 1.165) is 75.2 Å². The van der Waals surface area contributed by atoms with Crippen molar-refractivity contribution in [3.05, 3.63) is 86.1 Å². The SMILES string of the molecule is CCc1nc(Cc2ccc(Cl)cc2)sc1C1CCN(CC2CC([C@H](CC3CC3)C(=O)O)CC2c2cccc(F)c2)CC1. The van der Waals surface area contributed by atoms with Crippen molar-refractivity contribution in [2.45, 2.75) is 76.5 Å². The molecule has 1 saturated heterocycles. The summed E-state index contributed by atoms with van der Waals surface area (Å²) in [6.45, 7) is 5.25. The first-order valence-corrected chi connectivity index (χ1v) is 17.0. The number of aliphatic carboxylic acids is 1. The third kappa shape index (κ3) is 7.09. The van der Waals surface area contributed by atoms with Crippen LogP contribution in [0.4, 0.5) is 4.39 Å². The van der Waals surface area contributed by atoms with Crippen LogP contribution in [0.3, 0.4) is 0 Å². The van der Waals surface area contributed by atoms with Crippen LogP contribution in [0, 0.1) is 29.5 Å². The summed E-state index contributed by atoms with van der Waals surface area (Å²) in [4.78, 5) is 21.4. The highest BCUT2D eigenvalue weighted by atomic mass is 35.5. The fraction of sp³-hybridized carbons (Fsp3) is 0.543. The normalized spacial score (nSPS) is 24.2. The lowest BCUT2D eigenvalue weighted by Crippen LogP contribution is -2.37. The van der Waals surface area contributed by atoms with Gasteiger partial charge < -0.3 is 10.0 Å². The predicted molar refractivity (Wildman–Crippen MR) is 168 cm³/mol. The second-order valence-corrected chi connectivity index (χ2v) is 14.5. The molecule has 1 aromatic heterocycles. The largest absolute Gasteiger partial charge is 0.481 e. The smallest absolute Gasteiger partial charge is 0.306 e. The number of hydrogen-bond acceptors (Lipinski definition) is 4. The topological polar surface area (TPSA) is 53.4 Å². The molecule has 0 bridgehead atoms. The molecule has 0 spiro atoms. The number of carbonyl (C=O) groups is 1. The minimum Gasteiger partial charge on any atom is -0.481 e. The van der Waals surface area contributed by atoms with Gasteiger partial charge in [0.25, 0.3) is 0 Å². The summed E-state index contributed by atoms with van der Waals surface area (Å²) < 4.78 is 14.3. The number of rotatable bonds is 11. The summed E-state index contributed by atoms with van der Waals surface area (Å²) in [6.07, 6.45) is 8.97. The van der Waals surface area contributed by atoms with E-state index in [4.69, 9.17) is 16.6 Å². The molecule has 6 rings (SSSR count). The fourth-order valence-corrected chi connectivity index (χ4v) is 9.08. The molecule has 2 aromatic carbocycles. The Morgan fingerprint density at radius 3 is 2.55 bits per heavy atom. The van der Waals surface area contributed by atoms with Crippen LogP contribution < -0.4 is 0 Å². The standard InChI is InChI=1S/C35H42ClFN2O2S/c1-2-32-34(42-33(38-32)17-23-8-10-28(36)11-9-23)24-12-14-39(15-13-24)21-27-18-26(31(35(40)41)16-22-6-7-22)20-30(27)25-4-3-5-29(37)19-25/h3-5,8-11,19,22,24,26-27,30-31H,2,6-7,12-18,20-21H2,1H3,(H,40,41)/t26?,27?,30?,31-/m0/s1. The van der Waals surface area contributed by atoms with Gasteiger partial charge in [-0.15, -0.1) is 11.3 Å². The summed E-state index contributed by atoms with van der Waals surface area (Å²) >= 11 is 7.96. The number of nitrogens with zero attached hydrogens (tertiary/aromatic N) is 2. The van der Waals surface area contributed by atoms with Gasteiger partial charge in [-0.25, -0.2) is 9.37 Å². The van der Waals surface area contributed by atoms with Crippen molar-refractivity contribution in [1.82, 2.24) is 9.88 Å². The molecular formula is C35H42ClFN2O2S. The molecule has 0 radical (unpaired) electrons. The van der Waals surface area contributed by atoms with Crippen LogP contribution in [0.5, 0.6) is 0 Å². The molecule has 224 valence electrons. The van der Waals surface area contributed by atoms with Crippen molar-refractivity contribution in [1.29, 1.82) is 0 Å². The van der Waals surface area contributed by atoms with E-state index >= 15 is 0 Å². The lowest BCUT2D eigenvalue weighted by molar-refractivity contribution is -0.144. The van der Waals surface area contributed by atoms with Gasteiger partial charge in [-0.2, -0.15) is 0 Å². The molecule has 1 aliphatic heterocycles. The quantitative estimate of drug-likeness (QED) is 0.237. The Morgan fingerprint density at radius 2 is 1.88 bits per heavy atom. The van der Waals surface area contributed by atoms with E-state index in [1.165, 1.54) is 40.1 Å². The van der Waals surface area contributed by atoms with Gasteiger partial charge in [0.15, 0.2) is 0 Å². The summed E-state index contributed by atoms with van der Waals surface area (Å²) in [5.74, 6) is 0.754. The fourth-order valence-electron chi connectivity index (χ4n) is 7.60. The van der Waals surface area contributed by atoms with Gasteiger partial charge in [-0.3, -0.25) is 4.79 Å². The molecule has 0 amide bonds. The molecule has 7 heteroatoms. The van der Waals surface area contributed by atoms with Gasteiger partial charge in [0.1, 0.15) is 5.82 Å². The van der Waals surface area contributed by atoms with E-state index in [1.807, 2.05) is 29.5 Å². The second kappa shape index (κ2) is 13.2. The predicted octanol–water partition coefficient (Wildman–Crippen LogP) is 8.58. The van der Waals surface area contributed by atoms with Crippen molar-refractivity contribution in [3.63, 3.8) is 0 Å². The highest BCUT2D eigenvalue weighted by Gasteiger charge is 2.43. The number of carboxylic acids is 1. The maximum Gasteiger partial charge on any atom is 0.306 e. The molecule has 3 aliphatic rings. The van der Waals surface area contributed by atoms with Gasteiger partial charge >= 0.3 is 5.97 Å². The number of aryl methyl sites for hydroxylation is 1. The zero-order valence-electron chi connectivity index (χ0n) is 24.5. The molecule has 4 atom stereocenters. The summed E-state index contributed by atoms with van der Waals surface area (Å²) in [6, 6.07) is 15.1. The Hall–Kier alpha value is -2.28. The molecule has 1 N–H and O–H groups in total. The molecule has 3 aromatic rings. The number of benzene rings is 2. The minimum atomic E-state index is -0.641. The molecule has 3 unspecified atom stereocenters. The van der Waals surface area contributed by atoms with E-state index in [2.05, 4.69) is 24.0 Å². The minimum absolute atomic E-state index is 0.169. The molecule has 2 heterocycles. The highest BCUT2D eigenvalue weighted by Crippen LogP contribution is 2.50. The van der Waals surface area contributed by atoms with Gasteiger partial charge in [-0.05, 0) is 117 Å². The monoisotopic (exact) mass is 608 g/mol. The third-order valence-electron chi connectivity index (χ3n) is 10.0. The van der Waals surface area contributed by atoms with E-state index in [-0.39, 0.29) is 23.6 Å².